The van der Waals surface area contributed by atoms with Crippen LogP contribution in [0.25, 0.3) is 17.4 Å². The van der Waals surface area contributed by atoms with E-state index < -0.39 is 35.2 Å². The zero-order valence-corrected chi connectivity index (χ0v) is 18.3. The topological polar surface area (TPSA) is 151 Å². The second-order valence-corrected chi connectivity index (χ2v) is 8.57. The zero-order valence-electron chi connectivity index (χ0n) is 15.9. The number of nitrogens with zero attached hydrogens (tertiary/aromatic N) is 2. The Bertz CT molecular complexity index is 1180. The number of nitro groups is 1. The average Bonchev–Trinajstić information content (AvgIpc) is 3.27. The third-order valence-electron chi connectivity index (χ3n) is 4.37. The quantitative estimate of drug-likeness (QED) is 0.237. The van der Waals surface area contributed by atoms with Gasteiger partial charge in [0.05, 0.1) is 15.4 Å². The summed E-state index contributed by atoms with van der Waals surface area (Å²) >= 11 is 11.8. The van der Waals surface area contributed by atoms with Crippen LogP contribution in [-0.2, 0) is 14.4 Å². The van der Waals surface area contributed by atoms with Crippen LogP contribution in [-0.4, -0.2) is 48.2 Å². The summed E-state index contributed by atoms with van der Waals surface area (Å²) in [7, 11) is 0. The van der Waals surface area contributed by atoms with Gasteiger partial charge in [0.1, 0.15) is 21.9 Å². The molecule has 1 unspecified atom stereocenters. The minimum absolute atomic E-state index is 0.0286. The molecular weight excluding hydrogens is 484 g/mol. The molecule has 0 bridgehead atoms. The molecule has 1 aromatic heterocycles. The molecule has 1 amide bonds. The summed E-state index contributed by atoms with van der Waals surface area (Å²) in [6.07, 6.45) is 0.574. The van der Waals surface area contributed by atoms with E-state index in [1.165, 1.54) is 36.4 Å². The number of carboxylic acids is 2. The molecule has 0 radical (unpaired) electrons. The van der Waals surface area contributed by atoms with Crippen LogP contribution in [0.5, 0.6) is 0 Å². The van der Waals surface area contributed by atoms with Gasteiger partial charge in [0, 0.05) is 23.6 Å². The van der Waals surface area contributed by atoms with Gasteiger partial charge in [-0.15, -0.1) is 0 Å². The van der Waals surface area contributed by atoms with Gasteiger partial charge in [-0.3, -0.25) is 24.6 Å². The molecule has 3 rings (SSSR count). The first kappa shape index (κ1) is 23.4. The molecule has 2 N–H and O–H groups in total. The van der Waals surface area contributed by atoms with E-state index in [1.54, 1.807) is 0 Å². The van der Waals surface area contributed by atoms with Crippen LogP contribution >= 0.6 is 35.6 Å². The number of hydrogen-bond acceptors (Lipinski definition) is 8. The van der Waals surface area contributed by atoms with Crippen molar-refractivity contribution in [3.05, 3.63) is 56.1 Å². The van der Waals surface area contributed by atoms with Crippen LogP contribution in [0.1, 0.15) is 18.6 Å². The van der Waals surface area contributed by atoms with Crippen LogP contribution in [0.3, 0.4) is 0 Å². The van der Waals surface area contributed by atoms with Gasteiger partial charge in [-0.05, 0) is 30.7 Å². The van der Waals surface area contributed by atoms with Crippen molar-refractivity contribution in [2.24, 2.45) is 0 Å². The fourth-order valence-electron chi connectivity index (χ4n) is 2.94. The van der Waals surface area contributed by atoms with Crippen LogP contribution in [0.15, 0.2) is 39.7 Å². The number of carbonyl (C=O) groups is 3. The summed E-state index contributed by atoms with van der Waals surface area (Å²) in [5.74, 6) is -2.92. The SMILES string of the molecule is O=C(O)CCC(C(=O)O)N1C(=O)/C(=C/c2ccc(-c3ccc(Cl)cc3[N+](=O)[O-])o2)SC1=S. The maximum Gasteiger partial charge on any atom is 0.326 e. The molecule has 166 valence electrons. The van der Waals surface area contributed by atoms with E-state index in [2.05, 4.69) is 0 Å². The van der Waals surface area contributed by atoms with Crippen LogP contribution in [0.4, 0.5) is 5.69 Å². The predicted octanol–water partition coefficient (Wildman–Crippen LogP) is 4.03. The lowest BCUT2D eigenvalue weighted by Crippen LogP contribution is -2.44. The van der Waals surface area contributed by atoms with Crippen molar-refractivity contribution in [3.63, 3.8) is 0 Å². The minimum atomic E-state index is -1.42. The predicted molar refractivity (Wildman–Crippen MR) is 119 cm³/mol. The third kappa shape index (κ3) is 4.98. The van der Waals surface area contributed by atoms with E-state index in [-0.39, 0.29) is 43.4 Å². The smallest absolute Gasteiger partial charge is 0.326 e. The van der Waals surface area contributed by atoms with Gasteiger partial charge < -0.3 is 14.6 Å². The number of furan rings is 1. The molecule has 2 aromatic rings. The number of nitro benzene ring substituents is 1. The van der Waals surface area contributed by atoms with Crippen molar-refractivity contribution < 1.29 is 33.9 Å². The van der Waals surface area contributed by atoms with Crippen LogP contribution < -0.4 is 0 Å². The highest BCUT2D eigenvalue weighted by Gasteiger charge is 2.40. The first-order valence-corrected chi connectivity index (χ1v) is 10.4. The highest BCUT2D eigenvalue weighted by atomic mass is 35.5. The van der Waals surface area contributed by atoms with Crippen molar-refractivity contribution in [1.82, 2.24) is 4.90 Å². The van der Waals surface area contributed by atoms with E-state index in [4.69, 9.17) is 33.3 Å². The molecule has 1 aromatic carbocycles. The van der Waals surface area contributed by atoms with Crippen molar-refractivity contribution in [3.8, 4) is 11.3 Å². The zero-order chi connectivity index (χ0) is 23.6. The van der Waals surface area contributed by atoms with Gasteiger partial charge >= 0.3 is 11.9 Å². The monoisotopic (exact) mass is 496 g/mol. The highest BCUT2D eigenvalue weighted by molar-refractivity contribution is 8.26. The molecule has 1 atom stereocenters. The third-order valence-corrected chi connectivity index (χ3v) is 5.94. The Kier molecular flexibility index (Phi) is 6.96. The van der Waals surface area contributed by atoms with Gasteiger partial charge in [-0.2, -0.15) is 0 Å². The Morgan fingerprint density at radius 2 is 2.03 bits per heavy atom. The largest absolute Gasteiger partial charge is 0.481 e. The first-order valence-electron chi connectivity index (χ1n) is 8.84. The van der Waals surface area contributed by atoms with Gasteiger partial charge in [0.2, 0.25) is 0 Å². The molecule has 0 spiro atoms. The van der Waals surface area contributed by atoms with Crippen molar-refractivity contribution in [2.45, 2.75) is 18.9 Å². The number of aliphatic carboxylic acids is 2. The van der Waals surface area contributed by atoms with E-state index in [9.17, 15) is 29.6 Å². The van der Waals surface area contributed by atoms with Gasteiger partial charge in [0.25, 0.3) is 11.6 Å². The summed E-state index contributed by atoms with van der Waals surface area (Å²) in [6, 6.07) is 5.64. The number of thioether (sulfide) groups is 1. The molecule has 1 aliphatic rings. The minimum Gasteiger partial charge on any atom is -0.481 e. The summed E-state index contributed by atoms with van der Waals surface area (Å²) in [5, 5.41) is 29.7. The first-order chi connectivity index (χ1) is 15.1. The lowest BCUT2D eigenvalue weighted by Gasteiger charge is -2.22. The van der Waals surface area contributed by atoms with Gasteiger partial charge in [-0.1, -0.05) is 35.6 Å². The second-order valence-electron chi connectivity index (χ2n) is 6.46. The Morgan fingerprint density at radius 3 is 2.66 bits per heavy atom. The molecule has 10 nitrogen and oxygen atoms in total. The number of rotatable bonds is 8. The summed E-state index contributed by atoms with van der Waals surface area (Å²) in [5.41, 5.74) is -0.0707. The Labute approximate surface area is 194 Å². The number of halogens is 1. The van der Waals surface area contributed by atoms with Crippen molar-refractivity contribution in [1.29, 1.82) is 0 Å². The number of thiocarbonyl (C=S) groups is 1. The normalized spacial score (nSPS) is 15.9. The van der Waals surface area contributed by atoms with Crippen molar-refractivity contribution >= 4 is 69.5 Å². The number of amides is 1. The molecule has 1 fully saturated rings. The van der Waals surface area contributed by atoms with E-state index in [0.717, 1.165) is 16.7 Å². The van der Waals surface area contributed by atoms with Gasteiger partial charge in [0.15, 0.2) is 0 Å². The number of benzene rings is 1. The molecule has 2 heterocycles. The molecule has 1 saturated heterocycles. The number of hydrogen-bond donors (Lipinski definition) is 2. The van der Waals surface area contributed by atoms with Gasteiger partial charge in [-0.25, -0.2) is 4.79 Å². The summed E-state index contributed by atoms with van der Waals surface area (Å²) < 4.78 is 5.59. The molecule has 13 heteroatoms. The Morgan fingerprint density at radius 1 is 1.31 bits per heavy atom. The van der Waals surface area contributed by atoms with E-state index >= 15 is 0 Å². The molecule has 1 aliphatic heterocycles. The Balaban J connectivity index is 1.88. The molecule has 32 heavy (non-hydrogen) atoms. The fraction of sp³-hybridized carbons (Fsp3) is 0.158. The molecule has 0 aliphatic carbocycles. The number of carbonyl (C=O) groups excluding carboxylic acids is 1. The second kappa shape index (κ2) is 9.51. The van der Waals surface area contributed by atoms with E-state index in [1.807, 2.05) is 0 Å². The molecule has 0 saturated carbocycles. The standard InChI is InChI=1S/C19H13ClN2O8S2/c20-9-1-3-11(13(7-9)22(28)29)14-5-2-10(30-14)8-15-17(25)21(19(31)32-15)12(18(26)27)4-6-16(23)24/h1-3,5,7-8,12H,4,6H2,(H,23,24)(H,26,27)/b15-8-. The highest BCUT2D eigenvalue weighted by Crippen LogP contribution is 2.37. The number of carboxylic acid groups (broad SMARTS) is 2. The maximum atomic E-state index is 12.8. The van der Waals surface area contributed by atoms with Crippen LogP contribution in [0.2, 0.25) is 5.02 Å². The Hall–Kier alpha value is -3.22. The lowest BCUT2D eigenvalue weighted by atomic mass is 10.1. The molecular formula is C19H13ClN2O8S2. The van der Waals surface area contributed by atoms with Crippen molar-refractivity contribution in [2.75, 3.05) is 0 Å². The average molecular weight is 497 g/mol. The van der Waals surface area contributed by atoms with Crippen LogP contribution in [0, 0.1) is 10.1 Å². The summed E-state index contributed by atoms with van der Waals surface area (Å²) in [6.45, 7) is 0. The summed E-state index contributed by atoms with van der Waals surface area (Å²) in [4.78, 5) is 46.8. The maximum absolute atomic E-state index is 12.8. The van der Waals surface area contributed by atoms with E-state index in [0.29, 0.717) is 0 Å². The fourth-order valence-corrected chi connectivity index (χ4v) is 4.44. The lowest BCUT2D eigenvalue weighted by molar-refractivity contribution is -0.384.